The van der Waals surface area contributed by atoms with Gasteiger partial charge in [-0.1, -0.05) is 6.07 Å². The Morgan fingerprint density at radius 2 is 1.81 bits per heavy atom. The molecule has 1 aliphatic rings. The number of nitrogens with zero attached hydrogens (tertiary/aromatic N) is 6. The Kier molecular flexibility index (Phi) is 4.66. The van der Waals surface area contributed by atoms with Crippen LogP contribution >= 0.6 is 0 Å². The first-order valence-corrected chi connectivity index (χ1v) is 9.15. The first-order chi connectivity index (χ1) is 13.1. The van der Waals surface area contributed by atoms with Crippen molar-refractivity contribution < 1.29 is 0 Å². The van der Waals surface area contributed by atoms with Gasteiger partial charge in [0.05, 0.1) is 11.7 Å². The second-order valence-electron chi connectivity index (χ2n) is 6.94. The third-order valence-corrected chi connectivity index (χ3v) is 4.88. The molecule has 0 fully saturated rings. The van der Waals surface area contributed by atoms with Crippen LogP contribution in [0.3, 0.4) is 0 Å². The molecule has 1 N–H and O–H groups in total. The van der Waals surface area contributed by atoms with Crippen molar-refractivity contribution in [3.8, 4) is 0 Å². The number of hydrogen-bond donors (Lipinski definition) is 1. The monoisotopic (exact) mass is 361 g/mol. The lowest BCUT2D eigenvalue weighted by atomic mass is 10.1. The van der Waals surface area contributed by atoms with Crippen LogP contribution in [0.1, 0.15) is 41.2 Å². The Hall–Kier alpha value is -3.09. The van der Waals surface area contributed by atoms with Crippen LogP contribution in [0, 0.1) is 13.8 Å². The van der Waals surface area contributed by atoms with Crippen LogP contribution in [0.2, 0.25) is 0 Å². The standard InChI is InChI=1S/C20H23N7/c1-13-4-5-19(23-8-13)27-7-6-18-17(11-27)20(25-12-24-18)26-14(2)16-9-21-15(3)22-10-16/h4-5,8-10,12,14H,6-7,11H2,1-3H3,(H,24,25,26). The highest BCUT2D eigenvalue weighted by atomic mass is 15.2. The molecule has 3 aromatic rings. The number of aromatic nitrogens is 5. The van der Waals surface area contributed by atoms with E-state index >= 15 is 0 Å². The predicted molar refractivity (Wildman–Crippen MR) is 105 cm³/mol. The van der Waals surface area contributed by atoms with Crippen molar-refractivity contribution in [1.82, 2.24) is 24.9 Å². The van der Waals surface area contributed by atoms with Crippen molar-refractivity contribution in [1.29, 1.82) is 0 Å². The molecule has 3 aromatic heterocycles. The topological polar surface area (TPSA) is 79.7 Å². The van der Waals surface area contributed by atoms with Gasteiger partial charge < -0.3 is 10.2 Å². The summed E-state index contributed by atoms with van der Waals surface area (Å²) in [6.07, 6.45) is 8.14. The molecule has 4 rings (SSSR count). The van der Waals surface area contributed by atoms with Crippen molar-refractivity contribution in [2.75, 3.05) is 16.8 Å². The summed E-state index contributed by atoms with van der Waals surface area (Å²) in [7, 11) is 0. The molecule has 27 heavy (non-hydrogen) atoms. The molecular formula is C20H23N7. The van der Waals surface area contributed by atoms with E-state index in [1.54, 1.807) is 6.33 Å². The summed E-state index contributed by atoms with van der Waals surface area (Å²) < 4.78 is 0. The Morgan fingerprint density at radius 1 is 1.00 bits per heavy atom. The Balaban J connectivity index is 1.57. The summed E-state index contributed by atoms with van der Waals surface area (Å²) in [6.45, 7) is 7.67. The van der Waals surface area contributed by atoms with Gasteiger partial charge in [-0.25, -0.2) is 24.9 Å². The van der Waals surface area contributed by atoms with Crippen molar-refractivity contribution in [2.24, 2.45) is 0 Å². The van der Waals surface area contributed by atoms with E-state index in [9.17, 15) is 0 Å². The van der Waals surface area contributed by atoms with E-state index in [1.807, 2.05) is 32.4 Å². The van der Waals surface area contributed by atoms with E-state index in [0.717, 1.165) is 59.4 Å². The molecule has 0 saturated heterocycles. The van der Waals surface area contributed by atoms with Crippen LogP contribution in [0.5, 0.6) is 0 Å². The summed E-state index contributed by atoms with van der Waals surface area (Å²) in [5, 5.41) is 3.51. The van der Waals surface area contributed by atoms with Gasteiger partial charge in [-0.15, -0.1) is 0 Å². The first kappa shape index (κ1) is 17.3. The fourth-order valence-electron chi connectivity index (χ4n) is 3.22. The first-order valence-electron chi connectivity index (χ1n) is 9.15. The third-order valence-electron chi connectivity index (χ3n) is 4.88. The quantitative estimate of drug-likeness (QED) is 0.765. The van der Waals surface area contributed by atoms with Crippen LogP contribution in [0.15, 0.2) is 37.1 Å². The van der Waals surface area contributed by atoms with E-state index in [4.69, 9.17) is 0 Å². The highest BCUT2D eigenvalue weighted by molar-refractivity contribution is 5.53. The third kappa shape index (κ3) is 3.72. The van der Waals surface area contributed by atoms with Crippen molar-refractivity contribution in [3.05, 3.63) is 65.3 Å². The lowest BCUT2D eigenvalue weighted by Crippen LogP contribution is -2.32. The molecule has 0 radical (unpaired) electrons. The predicted octanol–water partition coefficient (Wildman–Crippen LogP) is 3.01. The molecule has 1 aliphatic heterocycles. The highest BCUT2D eigenvalue weighted by Gasteiger charge is 2.23. The largest absolute Gasteiger partial charge is 0.363 e. The maximum atomic E-state index is 4.57. The lowest BCUT2D eigenvalue weighted by molar-refractivity contribution is 0.694. The smallest absolute Gasteiger partial charge is 0.135 e. The minimum Gasteiger partial charge on any atom is -0.363 e. The van der Waals surface area contributed by atoms with Gasteiger partial charge in [0.2, 0.25) is 0 Å². The molecule has 7 nitrogen and oxygen atoms in total. The molecule has 1 unspecified atom stereocenters. The minimum atomic E-state index is 0.0532. The van der Waals surface area contributed by atoms with E-state index in [2.05, 4.69) is 54.2 Å². The normalized spacial score (nSPS) is 14.6. The highest BCUT2D eigenvalue weighted by Crippen LogP contribution is 2.28. The van der Waals surface area contributed by atoms with E-state index in [0.29, 0.717) is 0 Å². The average Bonchev–Trinajstić information content (AvgIpc) is 2.69. The molecule has 0 aliphatic carbocycles. The number of anilines is 2. The molecule has 0 aromatic carbocycles. The summed E-state index contributed by atoms with van der Waals surface area (Å²) in [6, 6.07) is 4.22. The molecule has 1 atom stereocenters. The van der Waals surface area contributed by atoms with Gasteiger partial charge in [0.1, 0.15) is 23.8 Å². The molecule has 7 heteroatoms. The van der Waals surface area contributed by atoms with E-state index < -0.39 is 0 Å². The van der Waals surface area contributed by atoms with Gasteiger partial charge in [0.15, 0.2) is 0 Å². The number of rotatable bonds is 4. The minimum absolute atomic E-state index is 0.0532. The zero-order valence-corrected chi connectivity index (χ0v) is 15.8. The number of fused-ring (bicyclic) bond motifs is 1. The van der Waals surface area contributed by atoms with Crippen molar-refractivity contribution in [3.63, 3.8) is 0 Å². The molecule has 138 valence electrons. The van der Waals surface area contributed by atoms with E-state index in [-0.39, 0.29) is 6.04 Å². The Labute approximate surface area is 159 Å². The molecule has 0 bridgehead atoms. The Morgan fingerprint density at radius 3 is 2.56 bits per heavy atom. The van der Waals surface area contributed by atoms with Gasteiger partial charge in [0.25, 0.3) is 0 Å². The van der Waals surface area contributed by atoms with Crippen LogP contribution in [0.4, 0.5) is 11.6 Å². The fourth-order valence-corrected chi connectivity index (χ4v) is 3.22. The summed E-state index contributed by atoms with van der Waals surface area (Å²) >= 11 is 0. The van der Waals surface area contributed by atoms with Crippen molar-refractivity contribution in [2.45, 2.75) is 39.8 Å². The van der Waals surface area contributed by atoms with Gasteiger partial charge in [-0.2, -0.15) is 0 Å². The van der Waals surface area contributed by atoms with Crippen LogP contribution < -0.4 is 10.2 Å². The second-order valence-corrected chi connectivity index (χ2v) is 6.94. The molecule has 0 amide bonds. The number of nitrogens with one attached hydrogen (secondary N) is 1. The second kappa shape index (κ2) is 7.26. The Bertz CT molecular complexity index is 922. The van der Waals surface area contributed by atoms with Crippen LogP contribution in [-0.2, 0) is 13.0 Å². The molecular weight excluding hydrogens is 338 g/mol. The zero-order chi connectivity index (χ0) is 18.8. The van der Waals surface area contributed by atoms with Gasteiger partial charge >= 0.3 is 0 Å². The number of aryl methyl sites for hydroxylation is 2. The van der Waals surface area contributed by atoms with E-state index in [1.165, 1.54) is 0 Å². The van der Waals surface area contributed by atoms with Gasteiger partial charge in [-0.05, 0) is 32.4 Å². The maximum absolute atomic E-state index is 4.57. The molecule has 0 spiro atoms. The molecule has 0 saturated carbocycles. The van der Waals surface area contributed by atoms with Gasteiger partial charge in [0, 0.05) is 49.2 Å². The van der Waals surface area contributed by atoms with Crippen LogP contribution in [-0.4, -0.2) is 31.5 Å². The SMILES string of the molecule is Cc1ccc(N2CCc3ncnc(NC(C)c4cnc(C)nc4)c3C2)nc1. The van der Waals surface area contributed by atoms with Crippen LogP contribution in [0.25, 0.3) is 0 Å². The number of hydrogen-bond acceptors (Lipinski definition) is 7. The number of pyridine rings is 1. The summed E-state index contributed by atoms with van der Waals surface area (Å²) in [4.78, 5) is 24.4. The average molecular weight is 361 g/mol. The zero-order valence-electron chi connectivity index (χ0n) is 15.8. The lowest BCUT2D eigenvalue weighted by Gasteiger charge is -2.30. The van der Waals surface area contributed by atoms with Gasteiger partial charge in [-0.3, -0.25) is 0 Å². The summed E-state index contributed by atoms with van der Waals surface area (Å²) in [5.74, 6) is 2.62. The molecule has 4 heterocycles. The summed E-state index contributed by atoms with van der Waals surface area (Å²) in [5.41, 5.74) is 4.42. The fraction of sp³-hybridized carbons (Fsp3) is 0.350. The van der Waals surface area contributed by atoms with Crippen molar-refractivity contribution >= 4 is 11.6 Å². The maximum Gasteiger partial charge on any atom is 0.135 e.